The van der Waals surface area contributed by atoms with Gasteiger partial charge in [0.25, 0.3) is 0 Å². The van der Waals surface area contributed by atoms with Gasteiger partial charge in [0.05, 0.1) is 35.9 Å². The monoisotopic (exact) mass is 421 g/mol. The molecule has 1 aliphatic rings. The molecular formula is C24H27N3O4. The Kier molecular flexibility index (Phi) is 5.84. The first-order valence-electron chi connectivity index (χ1n) is 10.7. The summed E-state index contributed by atoms with van der Waals surface area (Å²) in [6, 6.07) is 12.6. The van der Waals surface area contributed by atoms with Crippen LogP contribution in [0.4, 0.5) is 5.95 Å². The summed E-state index contributed by atoms with van der Waals surface area (Å²) in [5, 5.41) is 13.6. The molecule has 0 bridgehead atoms. The van der Waals surface area contributed by atoms with Gasteiger partial charge in [0.1, 0.15) is 0 Å². The molecule has 31 heavy (non-hydrogen) atoms. The normalized spacial score (nSPS) is 15.5. The number of hydrogen-bond donors (Lipinski definition) is 2. The van der Waals surface area contributed by atoms with Gasteiger partial charge in [-0.15, -0.1) is 0 Å². The predicted octanol–water partition coefficient (Wildman–Crippen LogP) is 4.77. The molecule has 0 spiro atoms. The lowest BCUT2D eigenvalue weighted by atomic mass is 9.93. The van der Waals surface area contributed by atoms with Crippen LogP contribution in [0.3, 0.4) is 0 Å². The van der Waals surface area contributed by atoms with E-state index in [1.165, 1.54) is 0 Å². The molecular weight excluding hydrogens is 394 g/mol. The average Bonchev–Trinajstić information content (AvgIpc) is 3.13. The number of hydrogen-bond acceptors (Lipinski definition) is 6. The van der Waals surface area contributed by atoms with E-state index in [1.807, 2.05) is 41.8 Å². The summed E-state index contributed by atoms with van der Waals surface area (Å²) < 4.78 is 13.1. The zero-order chi connectivity index (χ0) is 22.0. The molecule has 0 amide bonds. The number of benzene rings is 2. The fourth-order valence-electron chi connectivity index (χ4n) is 4.07. The van der Waals surface area contributed by atoms with E-state index in [1.54, 1.807) is 19.1 Å². The van der Waals surface area contributed by atoms with Crippen LogP contribution in [0.5, 0.6) is 11.5 Å². The summed E-state index contributed by atoms with van der Waals surface area (Å²) in [7, 11) is 0. The zero-order valence-corrected chi connectivity index (χ0v) is 18.0. The second-order valence-corrected chi connectivity index (χ2v) is 7.34. The number of esters is 1. The van der Waals surface area contributed by atoms with Gasteiger partial charge in [-0.25, -0.2) is 9.78 Å². The van der Waals surface area contributed by atoms with Crippen LogP contribution < -0.4 is 10.1 Å². The number of carbonyl (C=O) groups excluding carboxylic acids is 1. The van der Waals surface area contributed by atoms with Crippen LogP contribution in [-0.2, 0) is 9.53 Å². The Morgan fingerprint density at radius 1 is 1.16 bits per heavy atom. The number of imidazole rings is 1. The molecule has 0 aliphatic carbocycles. The van der Waals surface area contributed by atoms with E-state index in [0.29, 0.717) is 30.3 Å². The Morgan fingerprint density at radius 2 is 1.97 bits per heavy atom. The second kappa shape index (κ2) is 8.71. The maximum atomic E-state index is 13.2. The highest BCUT2D eigenvalue weighted by molar-refractivity contribution is 5.94. The molecule has 4 rings (SSSR count). The van der Waals surface area contributed by atoms with Crippen molar-refractivity contribution in [2.24, 2.45) is 0 Å². The highest BCUT2D eigenvalue weighted by atomic mass is 16.5. The Labute approximate surface area is 181 Å². The topological polar surface area (TPSA) is 85.6 Å². The van der Waals surface area contributed by atoms with Gasteiger partial charge in [-0.2, -0.15) is 0 Å². The van der Waals surface area contributed by atoms with E-state index in [-0.39, 0.29) is 18.3 Å². The molecule has 0 fully saturated rings. The van der Waals surface area contributed by atoms with Crippen molar-refractivity contribution < 1.29 is 19.4 Å². The summed E-state index contributed by atoms with van der Waals surface area (Å²) in [5.41, 5.74) is 3.90. The molecule has 3 aromatic rings. The molecule has 0 unspecified atom stereocenters. The van der Waals surface area contributed by atoms with Gasteiger partial charge in [-0.05, 0) is 50.1 Å². The maximum Gasteiger partial charge on any atom is 0.338 e. The number of nitrogens with zero attached hydrogens (tertiary/aromatic N) is 2. The van der Waals surface area contributed by atoms with Crippen LogP contribution >= 0.6 is 0 Å². The van der Waals surface area contributed by atoms with Crippen molar-refractivity contribution in [3.05, 3.63) is 59.3 Å². The highest BCUT2D eigenvalue weighted by Gasteiger charge is 2.36. The summed E-state index contributed by atoms with van der Waals surface area (Å²) in [6.45, 7) is 6.43. The summed E-state index contributed by atoms with van der Waals surface area (Å²) >= 11 is 0. The molecule has 0 radical (unpaired) electrons. The van der Waals surface area contributed by atoms with E-state index in [9.17, 15) is 9.90 Å². The number of carbonyl (C=O) groups is 1. The number of allylic oxidation sites excluding steroid dienone is 1. The third-order valence-electron chi connectivity index (χ3n) is 5.31. The molecule has 1 atom stereocenters. The molecule has 0 saturated heterocycles. The number of nitrogens with one attached hydrogen (secondary N) is 1. The molecule has 1 aromatic heterocycles. The molecule has 7 heteroatoms. The largest absolute Gasteiger partial charge is 0.504 e. The predicted molar refractivity (Wildman–Crippen MR) is 119 cm³/mol. The fraction of sp³-hybridized carbons (Fsp3) is 0.333. The number of anilines is 1. The van der Waals surface area contributed by atoms with Crippen molar-refractivity contribution in [2.75, 3.05) is 18.5 Å². The molecule has 0 saturated carbocycles. The van der Waals surface area contributed by atoms with E-state index < -0.39 is 6.04 Å². The van der Waals surface area contributed by atoms with Crippen LogP contribution in [0.15, 0.2) is 53.7 Å². The third kappa shape index (κ3) is 3.71. The van der Waals surface area contributed by atoms with E-state index >= 15 is 0 Å². The van der Waals surface area contributed by atoms with Crippen molar-refractivity contribution in [2.45, 2.75) is 39.7 Å². The number of phenolic OH excluding ortho intramolecular Hbond substituents is 1. The second-order valence-electron chi connectivity index (χ2n) is 7.34. The van der Waals surface area contributed by atoms with Gasteiger partial charge in [-0.1, -0.05) is 31.5 Å². The third-order valence-corrected chi connectivity index (χ3v) is 5.31. The molecule has 1 aliphatic heterocycles. The number of rotatable bonds is 7. The van der Waals surface area contributed by atoms with Crippen LogP contribution in [0.2, 0.25) is 0 Å². The number of ether oxygens (including phenoxy) is 2. The minimum Gasteiger partial charge on any atom is -0.504 e. The zero-order valence-electron chi connectivity index (χ0n) is 18.0. The minimum atomic E-state index is -0.468. The lowest BCUT2D eigenvalue weighted by molar-refractivity contribution is -0.139. The fourth-order valence-corrected chi connectivity index (χ4v) is 4.07. The Balaban J connectivity index is 1.99. The van der Waals surface area contributed by atoms with E-state index in [0.717, 1.165) is 28.7 Å². The van der Waals surface area contributed by atoms with Gasteiger partial charge in [0.2, 0.25) is 5.95 Å². The summed E-state index contributed by atoms with van der Waals surface area (Å²) in [5.74, 6) is 0.752. The van der Waals surface area contributed by atoms with Crippen molar-refractivity contribution in [3.8, 4) is 11.5 Å². The first-order chi connectivity index (χ1) is 15.1. The highest BCUT2D eigenvalue weighted by Crippen LogP contribution is 2.42. The number of phenols is 1. The number of fused-ring (bicyclic) bond motifs is 3. The van der Waals surface area contributed by atoms with Crippen molar-refractivity contribution >= 4 is 23.0 Å². The van der Waals surface area contributed by atoms with Gasteiger partial charge >= 0.3 is 5.97 Å². The first-order valence-corrected chi connectivity index (χ1v) is 10.7. The van der Waals surface area contributed by atoms with Gasteiger partial charge in [0, 0.05) is 5.70 Å². The van der Waals surface area contributed by atoms with E-state index in [4.69, 9.17) is 14.5 Å². The minimum absolute atomic E-state index is 0.0608. The van der Waals surface area contributed by atoms with Crippen LogP contribution in [0.25, 0.3) is 11.0 Å². The van der Waals surface area contributed by atoms with Gasteiger partial charge in [0.15, 0.2) is 11.5 Å². The van der Waals surface area contributed by atoms with E-state index in [2.05, 4.69) is 12.2 Å². The van der Waals surface area contributed by atoms with Gasteiger partial charge < -0.3 is 19.9 Å². The molecule has 2 heterocycles. The Bertz CT molecular complexity index is 1150. The molecule has 7 nitrogen and oxygen atoms in total. The summed E-state index contributed by atoms with van der Waals surface area (Å²) in [6.07, 6.45) is 1.54. The Morgan fingerprint density at radius 3 is 2.71 bits per heavy atom. The standard InChI is InChI=1S/C24H27N3O4/c1-4-9-17-21(23(29)31-6-3)22(15-12-13-19(28)20(14-15)30-5-2)27-18-11-8-7-10-16(18)25-24(27)26-17/h7-8,10-14,22,28H,4-6,9H2,1-3H3,(H,25,26)/t22-/m1/s1. The SMILES string of the molecule is CCCC1=C(C(=O)OCC)[C@@H](c2ccc(O)c(OCC)c2)n2c(nc3ccccc32)N1. The van der Waals surface area contributed by atoms with Crippen molar-refractivity contribution in [1.82, 2.24) is 9.55 Å². The van der Waals surface area contributed by atoms with Crippen molar-refractivity contribution in [3.63, 3.8) is 0 Å². The van der Waals surface area contributed by atoms with Crippen LogP contribution in [-0.4, -0.2) is 33.8 Å². The lowest BCUT2D eigenvalue weighted by Gasteiger charge is -2.31. The maximum absolute atomic E-state index is 13.2. The molecule has 2 N–H and O–H groups in total. The Hall–Kier alpha value is -3.48. The van der Waals surface area contributed by atoms with Gasteiger partial charge in [-0.3, -0.25) is 4.57 Å². The molecule has 2 aromatic carbocycles. The quantitative estimate of drug-likeness (QED) is 0.535. The lowest BCUT2D eigenvalue weighted by Crippen LogP contribution is -2.29. The number of para-hydroxylation sites is 2. The first kappa shape index (κ1) is 20.8. The number of aromatic nitrogens is 2. The summed E-state index contributed by atoms with van der Waals surface area (Å²) in [4.78, 5) is 17.9. The molecule has 162 valence electrons. The van der Waals surface area contributed by atoms with Crippen LogP contribution in [0.1, 0.15) is 45.2 Å². The average molecular weight is 421 g/mol. The van der Waals surface area contributed by atoms with Crippen LogP contribution in [0, 0.1) is 0 Å². The smallest absolute Gasteiger partial charge is 0.338 e. The number of aromatic hydroxyl groups is 1. The van der Waals surface area contributed by atoms with Crippen molar-refractivity contribution in [1.29, 1.82) is 0 Å².